The molecule has 0 atom stereocenters. The van der Waals surface area contributed by atoms with Crippen LogP contribution in [0.2, 0.25) is 10.0 Å². The van der Waals surface area contributed by atoms with Crippen LogP contribution in [0.4, 0.5) is 0 Å². The molecule has 2 aromatic heterocycles. The molecule has 1 N–H and O–H groups in total. The molecule has 0 radical (unpaired) electrons. The fourth-order valence-corrected chi connectivity index (χ4v) is 4.33. The fraction of sp³-hybridized carbons (Fsp3) is 0.278. The van der Waals surface area contributed by atoms with Gasteiger partial charge in [0.15, 0.2) is 0 Å². The largest absolute Gasteiger partial charge is 0.481 e. The molecular weight excluding hydrogens is 395 g/mol. The van der Waals surface area contributed by atoms with Crippen LogP contribution in [0.15, 0.2) is 23.0 Å². The fourth-order valence-electron chi connectivity index (χ4n) is 2.95. The SMILES string of the molecule is Cc1sc2nc(C)n(CCCC(=O)O)c(=O)c2c1-c1ccc(Cl)c(Cl)c1. The number of benzene rings is 1. The third-order valence-corrected chi connectivity index (χ3v) is 5.90. The van der Waals surface area contributed by atoms with Crippen molar-refractivity contribution in [2.45, 2.75) is 33.2 Å². The molecule has 1 aromatic carbocycles. The summed E-state index contributed by atoms with van der Waals surface area (Å²) >= 11 is 13.6. The Bertz CT molecular complexity index is 1070. The van der Waals surface area contributed by atoms with Crippen molar-refractivity contribution >= 4 is 50.7 Å². The van der Waals surface area contributed by atoms with Crippen LogP contribution >= 0.6 is 34.5 Å². The van der Waals surface area contributed by atoms with Crippen LogP contribution in [0, 0.1) is 13.8 Å². The van der Waals surface area contributed by atoms with Crippen LogP contribution in [0.25, 0.3) is 21.3 Å². The molecule has 136 valence electrons. The molecule has 0 aliphatic heterocycles. The molecule has 0 unspecified atom stereocenters. The van der Waals surface area contributed by atoms with Gasteiger partial charge in [-0.1, -0.05) is 29.3 Å². The lowest BCUT2D eigenvalue weighted by Gasteiger charge is -2.10. The van der Waals surface area contributed by atoms with E-state index in [4.69, 9.17) is 28.3 Å². The summed E-state index contributed by atoms with van der Waals surface area (Å²) in [6.45, 7) is 4.01. The number of carboxylic acids is 1. The number of aryl methyl sites for hydroxylation is 2. The van der Waals surface area contributed by atoms with Gasteiger partial charge < -0.3 is 5.11 Å². The Labute approximate surface area is 163 Å². The molecule has 3 rings (SSSR count). The zero-order chi connectivity index (χ0) is 19.0. The van der Waals surface area contributed by atoms with Gasteiger partial charge in [0.25, 0.3) is 5.56 Å². The lowest BCUT2D eigenvalue weighted by Crippen LogP contribution is -2.24. The molecule has 0 saturated heterocycles. The Morgan fingerprint density at radius 3 is 2.65 bits per heavy atom. The molecule has 3 aromatic rings. The summed E-state index contributed by atoms with van der Waals surface area (Å²) in [5, 5.41) is 10.2. The maximum absolute atomic E-state index is 13.1. The second kappa shape index (κ2) is 7.39. The monoisotopic (exact) mass is 410 g/mol. The maximum atomic E-state index is 13.1. The van der Waals surface area contributed by atoms with Crippen LogP contribution in [-0.2, 0) is 11.3 Å². The van der Waals surface area contributed by atoms with Gasteiger partial charge in [-0.3, -0.25) is 14.2 Å². The average Bonchev–Trinajstić information content (AvgIpc) is 2.89. The Morgan fingerprint density at radius 1 is 1.27 bits per heavy atom. The number of nitrogens with zero attached hydrogens (tertiary/aromatic N) is 2. The molecule has 0 bridgehead atoms. The Balaban J connectivity index is 2.18. The molecule has 0 spiro atoms. The topological polar surface area (TPSA) is 72.2 Å². The van der Waals surface area contributed by atoms with Gasteiger partial charge in [0, 0.05) is 23.4 Å². The minimum absolute atomic E-state index is 0.00618. The molecule has 2 heterocycles. The van der Waals surface area contributed by atoms with Gasteiger partial charge in [-0.15, -0.1) is 11.3 Å². The van der Waals surface area contributed by atoms with Crippen molar-refractivity contribution in [2.24, 2.45) is 0 Å². The zero-order valence-corrected chi connectivity index (χ0v) is 16.5. The quantitative estimate of drug-likeness (QED) is 0.647. The lowest BCUT2D eigenvalue weighted by atomic mass is 10.0. The van der Waals surface area contributed by atoms with Crippen molar-refractivity contribution in [3.05, 3.63) is 49.3 Å². The maximum Gasteiger partial charge on any atom is 0.303 e. The highest BCUT2D eigenvalue weighted by Crippen LogP contribution is 2.38. The molecular formula is C18H16Cl2N2O3S. The third-order valence-electron chi connectivity index (χ3n) is 4.16. The summed E-state index contributed by atoms with van der Waals surface area (Å²) in [6.07, 6.45) is 0.376. The van der Waals surface area contributed by atoms with E-state index in [2.05, 4.69) is 4.98 Å². The third kappa shape index (κ3) is 3.49. The second-order valence-corrected chi connectivity index (χ2v) is 7.97. The van der Waals surface area contributed by atoms with Crippen molar-refractivity contribution in [1.29, 1.82) is 0 Å². The van der Waals surface area contributed by atoms with E-state index in [-0.39, 0.29) is 12.0 Å². The molecule has 8 heteroatoms. The van der Waals surface area contributed by atoms with Crippen molar-refractivity contribution in [1.82, 2.24) is 9.55 Å². The van der Waals surface area contributed by atoms with Gasteiger partial charge in [-0.2, -0.15) is 0 Å². The van der Waals surface area contributed by atoms with Crippen LogP contribution in [-0.4, -0.2) is 20.6 Å². The predicted octanol–water partition coefficient (Wildman–Crippen LogP) is 4.91. The number of fused-ring (bicyclic) bond motifs is 1. The number of hydrogen-bond acceptors (Lipinski definition) is 4. The molecule has 26 heavy (non-hydrogen) atoms. The van der Waals surface area contributed by atoms with E-state index in [9.17, 15) is 9.59 Å². The lowest BCUT2D eigenvalue weighted by molar-refractivity contribution is -0.137. The summed E-state index contributed by atoms with van der Waals surface area (Å²) in [5.74, 6) is -0.303. The van der Waals surface area contributed by atoms with Crippen molar-refractivity contribution in [3.63, 3.8) is 0 Å². The van der Waals surface area contributed by atoms with Gasteiger partial charge in [0.2, 0.25) is 0 Å². The first-order valence-electron chi connectivity index (χ1n) is 7.97. The van der Waals surface area contributed by atoms with Gasteiger partial charge in [-0.05, 0) is 38.0 Å². The number of aliphatic carboxylic acids is 1. The normalized spacial score (nSPS) is 11.2. The van der Waals surface area contributed by atoms with Crippen molar-refractivity contribution < 1.29 is 9.90 Å². The van der Waals surface area contributed by atoms with Crippen LogP contribution in [0.3, 0.4) is 0 Å². The second-order valence-electron chi connectivity index (χ2n) is 5.96. The van der Waals surface area contributed by atoms with Gasteiger partial charge in [0.1, 0.15) is 10.7 Å². The molecule has 0 aliphatic carbocycles. The number of thiophene rings is 1. The summed E-state index contributed by atoms with van der Waals surface area (Å²) in [4.78, 5) is 30.0. The van der Waals surface area contributed by atoms with E-state index in [1.54, 1.807) is 23.6 Å². The molecule has 5 nitrogen and oxygen atoms in total. The average molecular weight is 411 g/mol. The van der Waals surface area contributed by atoms with E-state index >= 15 is 0 Å². The first kappa shape index (κ1) is 18.9. The number of carbonyl (C=O) groups is 1. The predicted molar refractivity (Wildman–Crippen MR) is 106 cm³/mol. The highest BCUT2D eigenvalue weighted by atomic mass is 35.5. The van der Waals surface area contributed by atoms with E-state index < -0.39 is 5.97 Å². The number of rotatable bonds is 5. The summed E-state index contributed by atoms with van der Waals surface area (Å²) in [5.41, 5.74) is 1.44. The Morgan fingerprint density at radius 2 is 2.00 bits per heavy atom. The minimum atomic E-state index is -0.882. The van der Waals surface area contributed by atoms with Crippen LogP contribution in [0.5, 0.6) is 0 Å². The number of hydrogen-bond donors (Lipinski definition) is 1. The minimum Gasteiger partial charge on any atom is -0.481 e. The highest BCUT2D eigenvalue weighted by molar-refractivity contribution is 7.19. The van der Waals surface area contributed by atoms with E-state index in [1.165, 1.54) is 11.3 Å². The van der Waals surface area contributed by atoms with E-state index in [0.29, 0.717) is 39.1 Å². The summed E-state index contributed by atoms with van der Waals surface area (Å²) in [7, 11) is 0. The van der Waals surface area contributed by atoms with Gasteiger partial charge in [0.05, 0.1) is 15.4 Å². The standard InChI is InChI=1S/C18H16Cl2N2O3S/c1-9-15(11-5-6-12(19)13(20)8-11)16-17(26-9)21-10(2)22(18(16)25)7-3-4-14(23)24/h5-6,8H,3-4,7H2,1-2H3,(H,23,24). The Hall–Kier alpha value is -1.89. The molecule has 0 saturated carbocycles. The van der Waals surface area contributed by atoms with Crippen LogP contribution in [0.1, 0.15) is 23.5 Å². The number of aromatic nitrogens is 2. The summed E-state index contributed by atoms with van der Waals surface area (Å²) in [6, 6.07) is 5.28. The molecule has 0 fully saturated rings. The van der Waals surface area contributed by atoms with E-state index in [0.717, 1.165) is 16.0 Å². The molecule has 0 aliphatic rings. The van der Waals surface area contributed by atoms with Gasteiger partial charge in [-0.25, -0.2) is 4.98 Å². The van der Waals surface area contributed by atoms with E-state index in [1.807, 2.05) is 13.0 Å². The first-order valence-corrected chi connectivity index (χ1v) is 9.54. The first-order chi connectivity index (χ1) is 12.3. The number of carboxylic acid groups (broad SMARTS) is 1. The Kier molecular flexibility index (Phi) is 5.37. The van der Waals surface area contributed by atoms with Gasteiger partial charge >= 0.3 is 5.97 Å². The van der Waals surface area contributed by atoms with Crippen molar-refractivity contribution in [2.75, 3.05) is 0 Å². The van der Waals surface area contributed by atoms with Crippen molar-refractivity contribution in [3.8, 4) is 11.1 Å². The zero-order valence-electron chi connectivity index (χ0n) is 14.2. The molecule has 0 amide bonds. The smallest absolute Gasteiger partial charge is 0.303 e. The summed E-state index contributed by atoms with van der Waals surface area (Å²) < 4.78 is 1.54. The number of halogens is 2. The van der Waals surface area contributed by atoms with Crippen LogP contribution < -0.4 is 5.56 Å². The highest BCUT2D eigenvalue weighted by Gasteiger charge is 2.19.